The van der Waals surface area contributed by atoms with Crippen LogP contribution in [-0.2, 0) is 9.59 Å². The van der Waals surface area contributed by atoms with Crippen molar-refractivity contribution in [3.05, 3.63) is 69.8 Å². The van der Waals surface area contributed by atoms with Gasteiger partial charge in [0.1, 0.15) is 5.03 Å². The summed E-state index contributed by atoms with van der Waals surface area (Å²) in [6.45, 7) is 8.09. The lowest BCUT2D eigenvalue weighted by Gasteiger charge is -2.16. The van der Waals surface area contributed by atoms with Crippen LogP contribution in [-0.4, -0.2) is 11.8 Å². The molecule has 1 aliphatic rings. The SMILES string of the molecule is Cc1ccc(C2=C(Cl)C(=O)N(c3ccc(C(C)C)cc3)C2=O)c(C)c1. The van der Waals surface area contributed by atoms with Crippen LogP contribution in [0.2, 0.25) is 0 Å². The van der Waals surface area contributed by atoms with Crippen LogP contribution in [0.25, 0.3) is 5.57 Å². The van der Waals surface area contributed by atoms with Crippen molar-refractivity contribution in [1.29, 1.82) is 0 Å². The van der Waals surface area contributed by atoms with E-state index in [2.05, 4.69) is 13.8 Å². The number of benzene rings is 2. The molecule has 0 radical (unpaired) electrons. The predicted octanol–water partition coefficient (Wildman–Crippen LogP) is 4.95. The van der Waals surface area contributed by atoms with Crippen molar-refractivity contribution in [3.8, 4) is 0 Å². The van der Waals surface area contributed by atoms with E-state index in [9.17, 15) is 9.59 Å². The summed E-state index contributed by atoms with van der Waals surface area (Å²) >= 11 is 6.26. The monoisotopic (exact) mass is 353 g/mol. The van der Waals surface area contributed by atoms with Gasteiger partial charge in [-0.1, -0.05) is 61.3 Å². The smallest absolute Gasteiger partial charge is 0.268 e. The lowest BCUT2D eigenvalue weighted by Crippen LogP contribution is -2.31. The summed E-state index contributed by atoms with van der Waals surface area (Å²) < 4.78 is 0. The van der Waals surface area contributed by atoms with Crippen LogP contribution in [0, 0.1) is 13.8 Å². The van der Waals surface area contributed by atoms with Gasteiger partial charge in [0.15, 0.2) is 0 Å². The van der Waals surface area contributed by atoms with Gasteiger partial charge in [0.05, 0.1) is 11.3 Å². The van der Waals surface area contributed by atoms with Crippen molar-refractivity contribution in [1.82, 2.24) is 0 Å². The Morgan fingerprint density at radius 3 is 2.12 bits per heavy atom. The maximum Gasteiger partial charge on any atom is 0.277 e. The van der Waals surface area contributed by atoms with Crippen molar-refractivity contribution in [2.75, 3.05) is 4.90 Å². The van der Waals surface area contributed by atoms with Gasteiger partial charge >= 0.3 is 0 Å². The molecule has 2 aromatic carbocycles. The van der Waals surface area contributed by atoms with Gasteiger partial charge in [0.25, 0.3) is 11.8 Å². The molecule has 2 aromatic rings. The number of carbonyl (C=O) groups is 2. The first-order valence-corrected chi connectivity index (χ1v) is 8.65. The average Bonchev–Trinajstić information content (AvgIpc) is 2.78. The van der Waals surface area contributed by atoms with Gasteiger partial charge in [0.2, 0.25) is 0 Å². The van der Waals surface area contributed by atoms with Gasteiger partial charge in [-0.05, 0) is 48.6 Å². The zero-order chi connectivity index (χ0) is 18.3. The Labute approximate surface area is 152 Å². The van der Waals surface area contributed by atoms with E-state index >= 15 is 0 Å². The first-order valence-electron chi connectivity index (χ1n) is 8.27. The van der Waals surface area contributed by atoms with E-state index in [0.717, 1.165) is 21.6 Å². The Morgan fingerprint density at radius 1 is 0.920 bits per heavy atom. The molecule has 0 saturated carbocycles. The number of imide groups is 1. The average molecular weight is 354 g/mol. The quantitative estimate of drug-likeness (QED) is 0.732. The Balaban J connectivity index is 2.01. The summed E-state index contributed by atoms with van der Waals surface area (Å²) in [4.78, 5) is 26.7. The van der Waals surface area contributed by atoms with E-state index in [0.29, 0.717) is 17.2 Å². The number of amides is 2. The van der Waals surface area contributed by atoms with Gasteiger partial charge in [-0.2, -0.15) is 0 Å². The number of aryl methyl sites for hydroxylation is 2. The summed E-state index contributed by atoms with van der Waals surface area (Å²) in [5, 5.41) is -0.0233. The molecule has 0 N–H and O–H groups in total. The molecule has 1 aliphatic heterocycles. The molecule has 0 aromatic heterocycles. The van der Waals surface area contributed by atoms with Crippen LogP contribution in [0.3, 0.4) is 0 Å². The fourth-order valence-corrected chi connectivity index (χ4v) is 3.34. The lowest BCUT2D eigenvalue weighted by atomic mass is 9.98. The minimum absolute atomic E-state index is 0.0233. The topological polar surface area (TPSA) is 37.4 Å². The third kappa shape index (κ3) is 3.00. The molecule has 0 aliphatic carbocycles. The second kappa shape index (κ2) is 6.49. The van der Waals surface area contributed by atoms with Crippen LogP contribution < -0.4 is 4.90 Å². The summed E-state index contributed by atoms with van der Waals surface area (Å²) in [6, 6.07) is 13.2. The van der Waals surface area contributed by atoms with Crippen molar-refractivity contribution in [3.63, 3.8) is 0 Å². The summed E-state index contributed by atoms with van der Waals surface area (Å²) in [6.07, 6.45) is 0. The Morgan fingerprint density at radius 2 is 1.56 bits per heavy atom. The molecule has 0 atom stereocenters. The highest BCUT2D eigenvalue weighted by Gasteiger charge is 2.39. The molecule has 4 heteroatoms. The van der Waals surface area contributed by atoms with E-state index in [1.165, 1.54) is 0 Å². The third-order valence-corrected chi connectivity index (χ3v) is 4.85. The van der Waals surface area contributed by atoms with Crippen LogP contribution in [0.15, 0.2) is 47.5 Å². The summed E-state index contributed by atoms with van der Waals surface area (Å²) in [7, 11) is 0. The van der Waals surface area contributed by atoms with Gasteiger partial charge in [-0.25, -0.2) is 4.90 Å². The molecule has 1 heterocycles. The molecule has 0 bridgehead atoms. The standard InChI is InChI=1S/C21H20ClNO2/c1-12(2)15-6-8-16(9-7-15)23-20(24)18(19(22)21(23)25)17-10-5-13(3)11-14(17)4/h5-12H,1-4H3. The summed E-state index contributed by atoms with van der Waals surface area (Å²) in [5.41, 5.74) is 4.68. The first kappa shape index (κ1) is 17.4. The molecule has 0 unspecified atom stereocenters. The van der Waals surface area contributed by atoms with Crippen LogP contribution in [0.4, 0.5) is 5.69 Å². The molecule has 2 amide bonds. The van der Waals surface area contributed by atoms with E-state index in [1.54, 1.807) is 12.1 Å². The van der Waals surface area contributed by atoms with Crippen molar-refractivity contribution in [2.45, 2.75) is 33.6 Å². The molecular weight excluding hydrogens is 334 g/mol. The number of anilines is 1. The zero-order valence-corrected chi connectivity index (χ0v) is 15.5. The molecule has 0 saturated heterocycles. The molecule has 0 fully saturated rings. The highest BCUT2D eigenvalue weighted by atomic mass is 35.5. The number of rotatable bonds is 3. The van der Waals surface area contributed by atoms with Crippen molar-refractivity contribution in [2.24, 2.45) is 0 Å². The first-order chi connectivity index (χ1) is 11.8. The third-order valence-electron chi connectivity index (χ3n) is 4.50. The Hall–Kier alpha value is -2.39. The number of hydrogen-bond donors (Lipinski definition) is 0. The number of carbonyl (C=O) groups excluding carboxylic acids is 2. The van der Waals surface area contributed by atoms with Gasteiger partial charge < -0.3 is 0 Å². The maximum atomic E-state index is 12.9. The molecular formula is C21H20ClNO2. The fraction of sp³-hybridized carbons (Fsp3) is 0.238. The Kier molecular flexibility index (Phi) is 4.53. The van der Waals surface area contributed by atoms with Crippen LogP contribution in [0.5, 0.6) is 0 Å². The molecule has 3 rings (SSSR count). The number of halogens is 1. The highest BCUT2D eigenvalue weighted by molar-refractivity contribution is 6.60. The molecule has 3 nitrogen and oxygen atoms in total. The van der Waals surface area contributed by atoms with Gasteiger partial charge in [-0.3, -0.25) is 9.59 Å². The van der Waals surface area contributed by atoms with E-state index in [-0.39, 0.29) is 16.5 Å². The lowest BCUT2D eigenvalue weighted by molar-refractivity contribution is -0.119. The zero-order valence-electron chi connectivity index (χ0n) is 14.8. The maximum absolute atomic E-state index is 12.9. The second-order valence-electron chi connectivity index (χ2n) is 6.70. The predicted molar refractivity (Wildman–Crippen MR) is 102 cm³/mol. The fourth-order valence-electron chi connectivity index (χ4n) is 3.07. The summed E-state index contributed by atoms with van der Waals surface area (Å²) in [5.74, 6) is -0.468. The Bertz CT molecular complexity index is 895. The van der Waals surface area contributed by atoms with Gasteiger partial charge in [-0.15, -0.1) is 0 Å². The van der Waals surface area contributed by atoms with Crippen molar-refractivity contribution >= 4 is 34.7 Å². The number of nitrogens with zero attached hydrogens (tertiary/aromatic N) is 1. The largest absolute Gasteiger partial charge is 0.277 e. The minimum Gasteiger partial charge on any atom is -0.268 e. The van der Waals surface area contributed by atoms with E-state index in [4.69, 9.17) is 11.6 Å². The second-order valence-corrected chi connectivity index (χ2v) is 7.08. The van der Waals surface area contributed by atoms with E-state index in [1.807, 2.05) is 44.2 Å². The normalized spacial score (nSPS) is 14.9. The molecule has 0 spiro atoms. The van der Waals surface area contributed by atoms with E-state index < -0.39 is 5.91 Å². The van der Waals surface area contributed by atoms with Gasteiger partial charge in [0, 0.05) is 0 Å². The van der Waals surface area contributed by atoms with Crippen molar-refractivity contribution < 1.29 is 9.59 Å². The highest BCUT2D eigenvalue weighted by Crippen LogP contribution is 2.36. The van der Waals surface area contributed by atoms with Crippen LogP contribution in [0.1, 0.15) is 42.0 Å². The number of hydrogen-bond acceptors (Lipinski definition) is 2. The molecule has 25 heavy (non-hydrogen) atoms. The van der Waals surface area contributed by atoms with Crippen LogP contribution >= 0.6 is 11.6 Å². The minimum atomic E-state index is -0.473. The molecule has 128 valence electrons.